The molecule has 2 aromatic rings. The van der Waals surface area contributed by atoms with Crippen LogP contribution in [-0.2, 0) is 4.79 Å². The van der Waals surface area contributed by atoms with Gasteiger partial charge in [-0.2, -0.15) is 0 Å². The summed E-state index contributed by atoms with van der Waals surface area (Å²) in [6.07, 6.45) is 0. The third-order valence-corrected chi connectivity index (χ3v) is 3.89. The first-order valence-corrected chi connectivity index (χ1v) is 7.73. The molecule has 2 N–H and O–H groups in total. The van der Waals surface area contributed by atoms with Crippen molar-refractivity contribution in [2.75, 3.05) is 5.32 Å². The van der Waals surface area contributed by atoms with Gasteiger partial charge in [0.15, 0.2) is 0 Å². The smallest absolute Gasteiger partial charge is 0.241 e. The molecule has 0 aliphatic carbocycles. The van der Waals surface area contributed by atoms with Crippen LogP contribution in [0.2, 0.25) is 5.02 Å². The summed E-state index contributed by atoms with van der Waals surface area (Å²) < 4.78 is 0. The van der Waals surface area contributed by atoms with Crippen molar-refractivity contribution in [2.45, 2.75) is 32.9 Å². The number of aryl methyl sites for hydroxylation is 1. The third-order valence-electron chi connectivity index (χ3n) is 3.65. The number of carbonyl (C=O) groups excluding carboxylic acids is 1. The monoisotopic (exact) mass is 316 g/mol. The van der Waals surface area contributed by atoms with Gasteiger partial charge in [0.2, 0.25) is 5.91 Å². The molecule has 0 bridgehead atoms. The van der Waals surface area contributed by atoms with Crippen molar-refractivity contribution in [2.24, 2.45) is 0 Å². The predicted molar refractivity (Wildman–Crippen MR) is 92.3 cm³/mol. The first-order valence-electron chi connectivity index (χ1n) is 7.35. The molecule has 0 heterocycles. The van der Waals surface area contributed by atoms with Crippen LogP contribution in [0.5, 0.6) is 0 Å². The van der Waals surface area contributed by atoms with Gasteiger partial charge in [0.05, 0.1) is 6.04 Å². The lowest BCUT2D eigenvalue weighted by Crippen LogP contribution is -2.39. The second-order valence-corrected chi connectivity index (χ2v) is 5.91. The zero-order valence-electron chi connectivity index (χ0n) is 13.1. The van der Waals surface area contributed by atoms with Gasteiger partial charge in [-0.25, -0.2) is 0 Å². The first-order chi connectivity index (χ1) is 10.5. The second kappa shape index (κ2) is 7.43. The van der Waals surface area contributed by atoms with Crippen molar-refractivity contribution in [3.8, 4) is 0 Å². The van der Waals surface area contributed by atoms with Crippen LogP contribution in [0.1, 0.15) is 31.0 Å². The van der Waals surface area contributed by atoms with Crippen LogP contribution < -0.4 is 10.6 Å². The van der Waals surface area contributed by atoms with Crippen molar-refractivity contribution < 1.29 is 4.79 Å². The number of amides is 1. The molecule has 0 unspecified atom stereocenters. The van der Waals surface area contributed by atoms with Crippen LogP contribution >= 0.6 is 11.6 Å². The van der Waals surface area contributed by atoms with E-state index in [0.29, 0.717) is 5.02 Å². The Bertz CT molecular complexity index is 643. The van der Waals surface area contributed by atoms with E-state index in [1.807, 2.05) is 63.2 Å². The van der Waals surface area contributed by atoms with Gasteiger partial charge in [0.25, 0.3) is 0 Å². The van der Waals surface area contributed by atoms with E-state index < -0.39 is 0 Å². The number of nitrogens with one attached hydrogen (secondary N) is 2. The Hall–Kier alpha value is -1.84. The van der Waals surface area contributed by atoms with E-state index in [0.717, 1.165) is 16.8 Å². The molecule has 2 rings (SSSR count). The number of anilines is 1. The van der Waals surface area contributed by atoms with Gasteiger partial charge in [-0.15, -0.1) is 0 Å². The number of hydrogen-bond acceptors (Lipinski definition) is 2. The van der Waals surface area contributed by atoms with E-state index in [4.69, 9.17) is 11.6 Å². The maximum Gasteiger partial charge on any atom is 0.241 e. The molecule has 0 fully saturated rings. The SMILES string of the molecule is Cc1ccc(Cl)cc1NC(=O)[C@H](C)N[C@H](C)c1ccccc1. The largest absolute Gasteiger partial charge is 0.324 e. The highest BCUT2D eigenvalue weighted by Gasteiger charge is 2.17. The maximum atomic E-state index is 12.3. The number of carbonyl (C=O) groups is 1. The molecule has 4 heteroatoms. The molecular weight excluding hydrogens is 296 g/mol. The highest BCUT2D eigenvalue weighted by atomic mass is 35.5. The van der Waals surface area contributed by atoms with Crippen LogP contribution in [0.4, 0.5) is 5.69 Å². The predicted octanol–water partition coefficient (Wildman–Crippen LogP) is 4.33. The number of rotatable bonds is 5. The van der Waals surface area contributed by atoms with Crippen LogP contribution in [0.3, 0.4) is 0 Å². The maximum absolute atomic E-state index is 12.3. The van der Waals surface area contributed by atoms with Gasteiger partial charge in [0.1, 0.15) is 0 Å². The van der Waals surface area contributed by atoms with E-state index in [1.165, 1.54) is 0 Å². The molecule has 116 valence electrons. The van der Waals surface area contributed by atoms with Crippen LogP contribution in [-0.4, -0.2) is 11.9 Å². The lowest BCUT2D eigenvalue weighted by molar-refractivity contribution is -0.117. The third kappa shape index (κ3) is 4.33. The van der Waals surface area contributed by atoms with Crippen molar-refractivity contribution in [3.63, 3.8) is 0 Å². The van der Waals surface area contributed by atoms with E-state index >= 15 is 0 Å². The first kappa shape index (κ1) is 16.5. The number of benzene rings is 2. The summed E-state index contributed by atoms with van der Waals surface area (Å²) >= 11 is 5.98. The fourth-order valence-corrected chi connectivity index (χ4v) is 2.43. The molecule has 0 saturated carbocycles. The summed E-state index contributed by atoms with van der Waals surface area (Å²) in [6.45, 7) is 5.84. The fourth-order valence-electron chi connectivity index (χ4n) is 2.26. The topological polar surface area (TPSA) is 41.1 Å². The van der Waals surface area contributed by atoms with E-state index in [1.54, 1.807) is 6.07 Å². The lowest BCUT2D eigenvalue weighted by Gasteiger charge is -2.20. The minimum atomic E-state index is -0.311. The summed E-state index contributed by atoms with van der Waals surface area (Å²) in [5.41, 5.74) is 2.89. The molecule has 2 atom stereocenters. The van der Waals surface area contributed by atoms with Gasteiger partial charge in [-0.3, -0.25) is 10.1 Å². The Morgan fingerprint density at radius 2 is 1.77 bits per heavy atom. The highest BCUT2D eigenvalue weighted by Crippen LogP contribution is 2.20. The van der Waals surface area contributed by atoms with Gasteiger partial charge in [0, 0.05) is 16.8 Å². The number of hydrogen-bond donors (Lipinski definition) is 2. The van der Waals surface area contributed by atoms with Gasteiger partial charge < -0.3 is 5.32 Å². The molecule has 2 aromatic carbocycles. The van der Waals surface area contributed by atoms with E-state index in [2.05, 4.69) is 10.6 Å². The van der Waals surface area contributed by atoms with Crippen molar-refractivity contribution >= 4 is 23.2 Å². The number of halogens is 1. The summed E-state index contributed by atoms with van der Waals surface area (Å²) in [5, 5.41) is 6.84. The van der Waals surface area contributed by atoms with Crippen LogP contribution in [0.25, 0.3) is 0 Å². The molecule has 0 aromatic heterocycles. The second-order valence-electron chi connectivity index (χ2n) is 5.47. The quantitative estimate of drug-likeness (QED) is 0.862. The Balaban J connectivity index is 1.99. The summed E-state index contributed by atoms with van der Waals surface area (Å²) in [7, 11) is 0. The zero-order chi connectivity index (χ0) is 16.1. The molecule has 0 radical (unpaired) electrons. The summed E-state index contributed by atoms with van der Waals surface area (Å²) in [4.78, 5) is 12.3. The Morgan fingerprint density at radius 1 is 1.09 bits per heavy atom. The van der Waals surface area contributed by atoms with Gasteiger partial charge >= 0.3 is 0 Å². The summed E-state index contributed by atoms with van der Waals surface area (Å²) in [5.74, 6) is -0.0758. The van der Waals surface area contributed by atoms with Gasteiger partial charge in [-0.1, -0.05) is 48.0 Å². The Labute approximate surface area is 136 Å². The Morgan fingerprint density at radius 3 is 2.45 bits per heavy atom. The Kier molecular flexibility index (Phi) is 5.58. The van der Waals surface area contributed by atoms with Crippen molar-refractivity contribution in [1.82, 2.24) is 5.32 Å². The van der Waals surface area contributed by atoms with E-state index in [9.17, 15) is 4.79 Å². The van der Waals surface area contributed by atoms with Gasteiger partial charge in [-0.05, 0) is 44.0 Å². The molecule has 1 amide bonds. The summed E-state index contributed by atoms with van der Waals surface area (Å²) in [6, 6.07) is 15.3. The van der Waals surface area contributed by atoms with Crippen LogP contribution in [0.15, 0.2) is 48.5 Å². The van der Waals surface area contributed by atoms with E-state index in [-0.39, 0.29) is 18.0 Å². The average Bonchev–Trinajstić information content (AvgIpc) is 2.51. The lowest BCUT2D eigenvalue weighted by atomic mass is 10.1. The zero-order valence-corrected chi connectivity index (χ0v) is 13.8. The fraction of sp³-hybridized carbons (Fsp3) is 0.278. The molecule has 0 spiro atoms. The molecule has 0 aliphatic rings. The molecular formula is C18H21ClN2O. The average molecular weight is 317 g/mol. The standard InChI is InChI=1S/C18H21ClN2O/c1-12-9-10-16(19)11-17(12)21-18(22)14(3)20-13(2)15-7-5-4-6-8-15/h4-11,13-14,20H,1-3H3,(H,21,22)/t13-,14+/m1/s1. The molecule has 0 saturated heterocycles. The van der Waals surface area contributed by atoms with Crippen molar-refractivity contribution in [1.29, 1.82) is 0 Å². The molecule has 0 aliphatic heterocycles. The highest BCUT2D eigenvalue weighted by molar-refractivity contribution is 6.31. The molecule has 22 heavy (non-hydrogen) atoms. The normalized spacial score (nSPS) is 13.5. The minimum absolute atomic E-state index is 0.0758. The van der Waals surface area contributed by atoms with Crippen LogP contribution in [0, 0.1) is 6.92 Å². The minimum Gasteiger partial charge on any atom is -0.324 e. The van der Waals surface area contributed by atoms with Crippen molar-refractivity contribution in [3.05, 3.63) is 64.7 Å². The molecule has 3 nitrogen and oxygen atoms in total.